The van der Waals surface area contributed by atoms with Crippen molar-refractivity contribution in [3.63, 3.8) is 0 Å². The number of hydrogen-bond donors (Lipinski definition) is 2. The van der Waals surface area contributed by atoms with E-state index in [-0.39, 0.29) is 5.50 Å². The zero-order valence-electron chi connectivity index (χ0n) is 4.45. The van der Waals surface area contributed by atoms with Crippen molar-refractivity contribution in [3.05, 3.63) is 0 Å². The molecule has 0 saturated carbocycles. The Hall–Kier alpha value is 0.210. The standard InChI is InChI=1S/C4H11ClN2/c1-2-7-3-4(5)6/h4,7H,2-3,6H2,1H3. The van der Waals surface area contributed by atoms with E-state index in [0.717, 1.165) is 6.54 Å². The Bertz CT molecular complexity index is 38.7. The van der Waals surface area contributed by atoms with Gasteiger partial charge in [-0.25, -0.2) is 0 Å². The first kappa shape index (κ1) is 7.21. The Morgan fingerprint density at radius 3 is 2.57 bits per heavy atom. The highest BCUT2D eigenvalue weighted by Gasteiger charge is 1.89. The number of nitrogens with two attached hydrogens (primary N) is 1. The maximum atomic E-state index is 5.37. The number of alkyl halides is 1. The van der Waals surface area contributed by atoms with Crippen molar-refractivity contribution in [3.8, 4) is 0 Å². The van der Waals surface area contributed by atoms with Crippen molar-refractivity contribution in [1.82, 2.24) is 5.32 Å². The lowest BCUT2D eigenvalue weighted by molar-refractivity contribution is 0.695. The predicted molar refractivity (Wildman–Crippen MR) is 32.4 cm³/mol. The minimum absolute atomic E-state index is 0.236. The van der Waals surface area contributed by atoms with Crippen LogP contribution in [-0.4, -0.2) is 18.6 Å². The van der Waals surface area contributed by atoms with Crippen LogP contribution in [0, 0.1) is 0 Å². The number of rotatable bonds is 3. The number of nitrogens with one attached hydrogen (secondary N) is 1. The Kier molecular flexibility index (Phi) is 4.50. The summed E-state index contributed by atoms with van der Waals surface area (Å²) in [5.41, 5.74) is 4.95. The highest BCUT2D eigenvalue weighted by Crippen LogP contribution is 1.78. The fraction of sp³-hybridized carbons (Fsp3) is 1.00. The second-order valence-electron chi connectivity index (χ2n) is 1.32. The smallest absolute Gasteiger partial charge is 0.0926 e. The first-order valence-corrected chi connectivity index (χ1v) is 2.81. The van der Waals surface area contributed by atoms with Crippen molar-refractivity contribution in [1.29, 1.82) is 0 Å². The molecule has 0 aromatic heterocycles. The Morgan fingerprint density at radius 1 is 1.86 bits per heavy atom. The van der Waals surface area contributed by atoms with Crippen LogP contribution in [0.25, 0.3) is 0 Å². The molecule has 0 heterocycles. The summed E-state index contributed by atoms with van der Waals surface area (Å²) in [6, 6.07) is 0. The largest absolute Gasteiger partial charge is 0.314 e. The number of halogens is 1. The van der Waals surface area contributed by atoms with Gasteiger partial charge in [-0.1, -0.05) is 6.92 Å². The third-order valence-corrected chi connectivity index (χ3v) is 0.744. The fourth-order valence-electron chi connectivity index (χ4n) is 0.282. The molecule has 3 heteroatoms. The molecule has 0 saturated heterocycles. The van der Waals surface area contributed by atoms with Crippen molar-refractivity contribution in [2.45, 2.75) is 12.4 Å². The van der Waals surface area contributed by atoms with Gasteiger partial charge in [-0.2, -0.15) is 0 Å². The molecule has 0 aliphatic heterocycles. The molecule has 0 aromatic rings. The van der Waals surface area contributed by atoms with Crippen LogP contribution >= 0.6 is 11.6 Å². The van der Waals surface area contributed by atoms with Gasteiger partial charge < -0.3 is 11.1 Å². The van der Waals surface area contributed by atoms with Crippen LogP contribution in [-0.2, 0) is 0 Å². The maximum absolute atomic E-state index is 5.37. The summed E-state index contributed by atoms with van der Waals surface area (Å²) in [6.45, 7) is 3.64. The molecule has 0 rings (SSSR count). The third-order valence-electron chi connectivity index (χ3n) is 0.589. The van der Waals surface area contributed by atoms with Gasteiger partial charge in [0, 0.05) is 6.54 Å². The van der Waals surface area contributed by atoms with Gasteiger partial charge in [-0.05, 0) is 6.54 Å². The zero-order chi connectivity index (χ0) is 5.70. The molecule has 0 fully saturated rings. The second kappa shape index (κ2) is 4.37. The summed E-state index contributed by atoms with van der Waals surface area (Å²) in [5.74, 6) is 0. The molecule has 7 heavy (non-hydrogen) atoms. The molecule has 1 unspecified atom stereocenters. The molecular weight excluding hydrogens is 112 g/mol. The van der Waals surface area contributed by atoms with Gasteiger partial charge in [0.25, 0.3) is 0 Å². The summed E-state index contributed by atoms with van der Waals surface area (Å²) in [5, 5.41) is 2.99. The van der Waals surface area contributed by atoms with Gasteiger partial charge >= 0.3 is 0 Å². The van der Waals surface area contributed by atoms with Crippen LogP contribution in [0.15, 0.2) is 0 Å². The van der Waals surface area contributed by atoms with E-state index in [1.165, 1.54) is 0 Å². The monoisotopic (exact) mass is 122 g/mol. The van der Waals surface area contributed by atoms with Crippen molar-refractivity contribution < 1.29 is 0 Å². The van der Waals surface area contributed by atoms with Gasteiger partial charge in [0.1, 0.15) is 0 Å². The molecular formula is C4H11ClN2. The third kappa shape index (κ3) is 6.21. The van der Waals surface area contributed by atoms with E-state index in [9.17, 15) is 0 Å². The molecule has 44 valence electrons. The van der Waals surface area contributed by atoms with E-state index in [2.05, 4.69) is 5.32 Å². The van der Waals surface area contributed by atoms with E-state index in [1.54, 1.807) is 0 Å². The van der Waals surface area contributed by atoms with Crippen LogP contribution < -0.4 is 11.1 Å². The molecule has 3 N–H and O–H groups in total. The molecule has 0 spiro atoms. The lowest BCUT2D eigenvalue weighted by Gasteiger charge is -2.00. The number of likely N-dealkylation sites (N-methyl/N-ethyl adjacent to an activating group) is 1. The lowest BCUT2D eigenvalue weighted by Crippen LogP contribution is -2.28. The molecule has 0 amide bonds. The van der Waals surface area contributed by atoms with Gasteiger partial charge in [0.15, 0.2) is 0 Å². The van der Waals surface area contributed by atoms with Gasteiger partial charge in [-0.3, -0.25) is 0 Å². The van der Waals surface area contributed by atoms with Gasteiger partial charge in [-0.15, -0.1) is 11.6 Å². The topological polar surface area (TPSA) is 38.0 Å². The molecule has 0 aliphatic carbocycles. The van der Waals surface area contributed by atoms with Crippen LogP contribution in [0.1, 0.15) is 6.92 Å². The first-order valence-electron chi connectivity index (χ1n) is 2.37. The van der Waals surface area contributed by atoms with E-state index in [4.69, 9.17) is 17.3 Å². The van der Waals surface area contributed by atoms with E-state index in [1.807, 2.05) is 6.92 Å². The molecule has 0 radical (unpaired) electrons. The Labute approximate surface area is 49.0 Å². The highest BCUT2D eigenvalue weighted by molar-refractivity contribution is 6.20. The minimum Gasteiger partial charge on any atom is -0.314 e. The molecule has 2 nitrogen and oxygen atoms in total. The summed E-state index contributed by atoms with van der Waals surface area (Å²) in [4.78, 5) is 0. The fourth-order valence-corrected chi connectivity index (χ4v) is 0.391. The van der Waals surface area contributed by atoms with E-state index >= 15 is 0 Å². The average molecular weight is 123 g/mol. The number of hydrogen-bond acceptors (Lipinski definition) is 2. The highest BCUT2D eigenvalue weighted by atomic mass is 35.5. The van der Waals surface area contributed by atoms with Gasteiger partial charge in [0.2, 0.25) is 0 Å². The molecule has 0 bridgehead atoms. The van der Waals surface area contributed by atoms with Crippen molar-refractivity contribution >= 4 is 11.6 Å². The summed E-state index contributed by atoms with van der Waals surface area (Å²) in [6.07, 6.45) is 0. The quantitative estimate of drug-likeness (QED) is 0.412. The predicted octanol–water partition coefficient (Wildman–Crippen LogP) is 0.119. The van der Waals surface area contributed by atoms with E-state index < -0.39 is 0 Å². The Balaban J connectivity index is 2.68. The molecule has 0 aliphatic rings. The minimum atomic E-state index is -0.236. The maximum Gasteiger partial charge on any atom is 0.0926 e. The normalized spacial score (nSPS) is 14.1. The SMILES string of the molecule is CCNCC(N)Cl. The summed E-state index contributed by atoms with van der Waals surface area (Å²) in [7, 11) is 0. The van der Waals surface area contributed by atoms with Crippen LogP contribution in [0.4, 0.5) is 0 Å². The van der Waals surface area contributed by atoms with Gasteiger partial charge in [0.05, 0.1) is 5.50 Å². The lowest BCUT2D eigenvalue weighted by atomic mass is 10.6. The summed E-state index contributed by atoms with van der Waals surface area (Å²) < 4.78 is 0. The summed E-state index contributed by atoms with van der Waals surface area (Å²) >= 11 is 5.37. The van der Waals surface area contributed by atoms with Crippen LogP contribution in [0.5, 0.6) is 0 Å². The van der Waals surface area contributed by atoms with Crippen LogP contribution in [0.2, 0.25) is 0 Å². The van der Waals surface area contributed by atoms with Crippen molar-refractivity contribution in [2.24, 2.45) is 5.73 Å². The Morgan fingerprint density at radius 2 is 2.43 bits per heavy atom. The molecule has 0 aromatic carbocycles. The second-order valence-corrected chi connectivity index (χ2v) is 1.88. The average Bonchev–Trinajstić information content (AvgIpc) is 1.61. The van der Waals surface area contributed by atoms with E-state index in [0.29, 0.717) is 6.54 Å². The van der Waals surface area contributed by atoms with Crippen molar-refractivity contribution in [2.75, 3.05) is 13.1 Å². The van der Waals surface area contributed by atoms with Crippen LogP contribution in [0.3, 0.4) is 0 Å². The molecule has 1 atom stereocenters. The zero-order valence-corrected chi connectivity index (χ0v) is 5.20. The first-order chi connectivity index (χ1) is 3.27.